The Morgan fingerprint density at radius 1 is 1.18 bits per heavy atom. The van der Waals surface area contributed by atoms with Crippen LogP contribution in [0.25, 0.3) is 0 Å². The monoisotopic (exact) mass is 326 g/mol. The van der Waals surface area contributed by atoms with Gasteiger partial charge in [-0.2, -0.15) is 0 Å². The maximum absolute atomic E-state index is 11.8. The number of nitrogens with zero attached hydrogens (tertiary/aromatic N) is 1. The highest BCUT2D eigenvalue weighted by atomic mass is 35.5. The molecule has 0 aromatic heterocycles. The normalized spacial score (nSPS) is 13.1. The molecule has 1 aliphatic rings. The molecule has 1 saturated carbocycles. The van der Waals surface area contributed by atoms with Crippen molar-refractivity contribution < 1.29 is 19.3 Å². The summed E-state index contributed by atoms with van der Waals surface area (Å²) in [5.74, 6) is -2.87. The minimum Gasteiger partial charge on any atom is -0.345 e. The van der Waals surface area contributed by atoms with Crippen LogP contribution in [-0.4, -0.2) is 28.7 Å². The van der Waals surface area contributed by atoms with Gasteiger partial charge in [-0.3, -0.25) is 35.3 Å². The first-order valence-corrected chi connectivity index (χ1v) is 6.61. The third kappa shape index (κ3) is 3.92. The molecule has 1 aliphatic carbocycles. The molecule has 0 radical (unpaired) electrons. The van der Waals surface area contributed by atoms with Gasteiger partial charge in [0.1, 0.15) is 5.56 Å². The van der Waals surface area contributed by atoms with E-state index < -0.39 is 28.3 Å². The van der Waals surface area contributed by atoms with Crippen molar-refractivity contribution >= 4 is 35.0 Å². The largest absolute Gasteiger partial charge is 0.345 e. The summed E-state index contributed by atoms with van der Waals surface area (Å²) in [5.41, 5.74) is 3.02. The van der Waals surface area contributed by atoms with Gasteiger partial charge < -0.3 is 5.32 Å². The minimum absolute atomic E-state index is 0.00805. The highest BCUT2D eigenvalue weighted by molar-refractivity contribution is 6.35. The summed E-state index contributed by atoms with van der Waals surface area (Å²) in [5, 5.41) is 13.4. The number of carbonyl (C=O) groups excluding carboxylic acids is 3. The van der Waals surface area contributed by atoms with Gasteiger partial charge in [0, 0.05) is 17.1 Å². The number of hydrazine groups is 1. The van der Waals surface area contributed by atoms with Crippen LogP contribution in [0, 0.1) is 10.1 Å². The predicted molar refractivity (Wildman–Crippen MR) is 74.9 cm³/mol. The Balaban J connectivity index is 1.98. The Bertz CT molecular complexity index is 659. The predicted octanol–water partition coefficient (Wildman–Crippen LogP) is 0.288. The van der Waals surface area contributed by atoms with Gasteiger partial charge in [0.2, 0.25) is 0 Å². The van der Waals surface area contributed by atoms with Gasteiger partial charge in [0.05, 0.1) is 4.92 Å². The molecule has 2 rings (SSSR count). The molecule has 116 valence electrons. The van der Waals surface area contributed by atoms with Crippen molar-refractivity contribution in [1.29, 1.82) is 0 Å². The number of carbonyl (C=O) groups is 3. The second-order valence-electron chi connectivity index (χ2n) is 4.57. The van der Waals surface area contributed by atoms with E-state index in [9.17, 15) is 24.5 Å². The van der Waals surface area contributed by atoms with Gasteiger partial charge in [-0.15, -0.1) is 0 Å². The molecule has 10 heteroatoms. The van der Waals surface area contributed by atoms with Crippen LogP contribution in [0.3, 0.4) is 0 Å². The first-order valence-electron chi connectivity index (χ1n) is 6.23. The van der Waals surface area contributed by atoms with E-state index in [-0.39, 0.29) is 16.6 Å². The Morgan fingerprint density at radius 3 is 2.45 bits per heavy atom. The van der Waals surface area contributed by atoms with Crippen LogP contribution in [-0.2, 0) is 9.59 Å². The number of nitro benzene ring substituents is 1. The smallest absolute Gasteiger partial charge is 0.327 e. The lowest BCUT2D eigenvalue weighted by Gasteiger charge is -2.08. The van der Waals surface area contributed by atoms with Gasteiger partial charge >= 0.3 is 11.8 Å². The number of halogens is 1. The molecule has 0 aliphatic heterocycles. The van der Waals surface area contributed by atoms with E-state index in [1.54, 1.807) is 0 Å². The number of amides is 3. The van der Waals surface area contributed by atoms with Gasteiger partial charge in [-0.05, 0) is 25.0 Å². The van der Waals surface area contributed by atoms with Crippen molar-refractivity contribution in [3.05, 3.63) is 38.9 Å². The Kier molecular flexibility index (Phi) is 4.56. The third-order valence-electron chi connectivity index (χ3n) is 2.81. The molecule has 0 spiro atoms. The summed E-state index contributed by atoms with van der Waals surface area (Å²) in [7, 11) is 0. The van der Waals surface area contributed by atoms with Crippen molar-refractivity contribution in [2.45, 2.75) is 18.9 Å². The molecule has 0 bridgehead atoms. The number of rotatable bonds is 3. The van der Waals surface area contributed by atoms with Crippen molar-refractivity contribution in [2.75, 3.05) is 0 Å². The van der Waals surface area contributed by atoms with E-state index in [1.807, 2.05) is 10.9 Å². The number of benzene rings is 1. The zero-order chi connectivity index (χ0) is 16.3. The summed E-state index contributed by atoms with van der Waals surface area (Å²) >= 11 is 5.63. The summed E-state index contributed by atoms with van der Waals surface area (Å²) in [6.45, 7) is 0. The molecule has 3 N–H and O–H groups in total. The van der Waals surface area contributed by atoms with Crippen molar-refractivity contribution in [2.24, 2.45) is 0 Å². The number of nitrogens with one attached hydrogen (secondary N) is 3. The number of nitro groups is 1. The van der Waals surface area contributed by atoms with Crippen LogP contribution < -0.4 is 16.2 Å². The van der Waals surface area contributed by atoms with Crippen LogP contribution in [0.2, 0.25) is 5.02 Å². The minimum atomic E-state index is -1.06. The van der Waals surface area contributed by atoms with Gasteiger partial charge in [-0.25, -0.2) is 0 Å². The topological polar surface area (TPSA) is 130 Å². The Morgan fingerprint density at radius 2 is 1.86 bits per heavy atom. The van der Waals surface area contributed by atoms with Crippen LogP contribution in [0.15, 0.2) is 18.2 Å². The lowest BCUT2D eigenvalue weighted by Crippen LogP contribution is -2.49. The summed E-state index contributed by atoms with van der Waals surface area (Å²) in [4.78, 5) is 44.7. The fourth-order valence-corrected chi connectivity index (χ4v) is 1.73. The molecule has 1 fully saturated rings. The fourth-order valence-electron chi connectivity index (χ4n) is 1.56. The third-order valence-corrected chi connectivity index (χ3v) is 3.04. The van der Waals surface area contributed by atoms with E-state index in [0.717, 1.165) is 25.0 Å². The lowest BCUT2D eigenvalue weighted by atomic mass is 10.2. The summed E-state index contributed by atoms with van der Waals surface area (Å²) in [6.07, 6.45) is 1.62. The maximum atomic E-state index is 11.8. The molecular formula is C12H11ClN4O5. The average Bonchev–Trinajstić information content (AvgIpc) is 3.27. The molecule has 1 aromatic rings. The number of hydrogen-bond acceptors (Lipinski definition) is 5. The van der Waals surface area contributed by atoms with E-state index in [4.69, 9.17) is 11.6 Å². The second-order valence-corrected chi connectivity index (χ2v) is 5.01. The highest BCUT2D eigenvalue weighted by Gasteiger charge is 2.27. The molecule has 0 unspecified atom stereocenters. The fraction of sp³-hybridized carbons (Fsp3) is 0.250. The molecule has 0 heterocycles. The lowest BCUT2D eigenvalue weighted by molar-refractivity contribution is -0.385. The van der Waals surface area contributed by atoms with E-state index >= 15 is 0 Å². The summed E-state index contributed by atoms with van der Waals surface area (Å²) in [6, 6.07) is 3.45. The van der Waals surface area contributed by atoms with Crippen molar-refractivity contribution in [1.82, 2.24) is 16.2 Å². The Labute approximate surface area is 129 Å². The summed E-state index contributed by atoms with van der Waals surface area (Å²) < 4.78 is 0. The molecular weight excluding hydrogens is 316 g/mol. The zero-order valence-corrected chi connectivity index (χ0v) is 11.8. The quantitative estimate of drug-likeness (QED) is 0.417. The van der Waals surface area contributed by atoms with Gasteiger partial charge in [-0.1, -0.05) is 11.6 Å². The van der Waals surface area contributed by atoms with Crippen LogP contribution in [0.5, 0.6) is 0 Å². The van der Waals surface area contributed by atoms with Crippen LogP contribution in [0.4, 0.5) is 5.69 Å². The SMILES string of the molecule is O=C(NNC(=O)c1ccc(Cl)cc1[N+](=O)[O-])C(=O)NC1CC1. The molecule has 3 amide bonds. The standard InChI is InChI=1S/C12H11ClN4O5/c13-6-1-4-8(9(5-6)17(21)22)10(18)15-16-12(20)11(19)14-7-2-3-7/h1,4-5,7H,2-3H2,(H,14,19)(H,15,18)(H,16,20). The van der Waals surface area contributed by atoms with Crippen LogP contribution >= 0.6 is 11.6 Å². The van der Waals surface area contributed by atoms with Gasteiger partial charge in [0.25, 0.3) is 11.6 Å². The number of hydrogen-bond donors (Lipinski definition) is 3. The molecule has 0 saturated heterocycles. The van der Waals surface area contributed by atoms with E-state index in [1.165, 1.54) is 6.07 Å². The molecule has 1 aromatic carbocycles. The first kappa shape index (κ1) is 15.7. The van der Waals surface area contributed by atoms with E-state index in [0.29, 0.717) is 0 Å². The van der Waals surface area contributed by atoms with E-state index in [2.05, 4.69) is 5.32 Å². The molecule has 22 heavy (non-hydrogen) atoms. The maximum Gasteiger partial charge on any atom is 0.327 e. The van der Waals surface area contributed by atoms with Crippen molar-refractivity contribution in [3.63, 3.8) is 0 Å². The van der Waals surface area contributed by atoms with Gasteiger partial charge in [0.15, 0.2) is 0 Å². The average molecular weight is 327 g/mol. The van der Waals surface area contributed by atoms with Crippen molar-refractivity contribution in [3.8, 4) is 0 Å². The van der Waals surface area contributed by atoms with Crippen LogP contribution in [0.1, 0.15) is 23.2 Å². The highest BCUT2D eigenvalue weighted by Crippen LogP contribution is 2.22. The second kappa shape index (κ2) is 6.39. The Hall–Kier alpha value is -2.68. The molecule has 0 atom stereocenters. The zero-order valence-electron chi connectivity index (χ0n) is 11.1. The first-order chi connectivity index (χ1) is 10.4. The molecule has 9 nitrogen and oxygen atoms in total.